The molecule has 1 fully saturated rings. The number of hydrogen-bond acceptors (Lipinski definition) is 3. The lowest BCUT2D eigenvalue weighted by molar-refractivity contribution is -0.127. The molecule has 4 heteroatoms. The molecule has 0 bridgehead atoms. The predicted octanol–water partition coefficient (Wildman–Crippen LogP) is 2.29. The molecule has 3 nitrogen and oxygen atoms in total. The number of aryl methyl sites for hydroxylation is 1. The highest BCUT2D eigenvalue weighted by atomic mass is 32.2. The van der Waals surface area contributed by atoms with Crippen molar-refractivity contribution in [3.8, 4) is 0 Å². The fraction of sp³-hybridized carbons (Fsp3) is 0.462. The van der Waals surface area contributed by atoms with Gasteiger partial charge in [0.25, 0.3) is 0 Å². The van der Waals surface area contributed by atoms with E-state index in [1.54, 1.807) is 11.8 Å². The van der Waals surface area contributed by atoms with Crippen LogP contribution in [0.1, 0.15) is 18.4 Å². The largest absolute Gasteiger partial charge is 0.399 e. The van der Waals surface area contributed by atoms with Gasteiger partial charge in [0.2, 0.25) is 5.91 Å². The molecular weight excluding hydrogens is 232 g/mol. The molecule has 2 N–H and O–H groups in total. The second-order valence-corrected chi connectivity index (χ2v) is 5.57. The molecule has 1 saturated carbocycles. The Morgan fingerprint density at radius 2 is 2.24 bits per heavy atom. The number of nitrogens with two attached hydrogens (primary N) is 1. The van der Waals surface area contributed by atoms with Gasteiger partial charge in [-0.05, 0) is 37.5 Å². The Bertz CT molecular complexity index is 429. The van der Waals surface area contributed by atoms with Crippen LogP contribution >= 0.6 is 11.8 Å². The number of carbonyl (C=O) groups excluding carboxylic acids is 1. The summed E-state index contributed by atoms with van der Waals surface area (Å²) in [5, 5.41) is 0. The summed E-state index contributed by atoms with van der Waals surface area (Å²) in [5.41, 5.74) is 7.67. The van der Waals surface area contributed by atoms with E-state index in [9.17, 15) is 4.79 Å². The third-order valence-electron chi connectivity index (χ3n) is 3.05. The van der Waals surface area contributed by atoms with Crippen molar-refractivity contribution in [2.24, 2.45) is 0 Å². The van der Waals surface area contributed by atoms with Crippen LogP contribution in [0, 0.1) is 6.92 Å². The molecule has 1 amide bonds. The number of thioether (sulfide) groups is 1. The molecule has 0 saturated heterocycles. The minimum Gasteiger partial charge on any atom is -0.399 e. The van der Waals surface area contributed by atoms with Gasteiger partial charge in [-0.3, -0.25) is 4.79 Å². The van der Waals surface area contributed by atoms with Gasteiger partial charge in [-0.25, -0.2) is 0 Å². The summed E-state index contributed by atoms with van der Waals surface area (Å²) in [6, 6.07) is 6.30. The third kappa shape index (κ3) is 3.16. The molecule has 1 aliphatic rings. The van der Waals surface area contributed by atoms with Gasteiger partial charge < -0.3 is 10.6 Å². The maximum Gasteiger partial charge on any atom is 0.232 e. The van der Waals surface area contributed by atoms with Crippen molar-refractivity contribution in [1.29, 1.82) is 0 Å². The van der Waals surface area contributed by atoms with Crippen molar-refractivity contribution in [3.63, 3.8) is 0 Å². The molecular formula is C13H18N2OS. The first-order valence-electron chi connectivity index (χ1n) is 5.82. The van der Waals surface area contributed by atoms with Crippen LogP contribution in [-0.2, 0) is 4.79 Å². The van der Waals surface area contributed by atoms with Crippen LogP contribution in [0.2, 0.25) is 0 Å². The van der Waals surface area contributed by atoms with Gasteiger partial charge in [0.1, 0.15) is 0 Å². The van der Waals surface area contributed by atoms with Crippen LogP contribution in [0.3, 0.4) is 0 Å². The molecule has 92 valence electrons. The Labute approximate surface area is 106 Å². The predicted molar refractivity (Wildman–Crippen MR) is 72.1 cm³/mol. The number of benzene rings is 1. The first-order valence-corrected chi connectivity index (χ1v) is 6.81. The maximum absolute atomic E-state index is 11.9. The van der Waals surface area contributed by atoms with Crippen molar-refractivity contribution in [3.05, 3.63) is 23.8 Å². The molecule has 0 aromatic heterocycles. The van der Waals surface area contributed by atoms with Crippen molar-refractivity contribution in [2.45, 2.75) is 30.7 Å². The zero-order valence-electron chi connectivity index (χ0n) is 10.3. The van der Waals surface area contributed by atoms with Crippen molar-refractivity contribution < 1.29 is 4.79 Å². The van der Waals surface area contributed by atoms with Gasteiger partial charge in [-0.1, -0.05) is 6.07 Å². The van der Waals surface area contributed by atoms with Gasteiger partial charge in [0.15, 0.2) is 0 Å². The molecule has 1 aliphatic carbocycles. The Kier molecular flexibility index (Phi) is 3.62. The van der Waals surface area contributed by atoms with E-state index in [0.717, 1.165) is 23.4 Å². The lowest BCUT2D eigenvalue weighted by Crippen LogP contribution is -2.30. The van der Waals surface area contributed by atoms with Crippen molar-refractivity contribution >= 4 is 23.4 Å². The Morgan fingerprint density at radius 3 is 2.88 bits per heavy atom. The lowest BCUT2D eigenvalue weighted by atomic mass is 10.2. The van der Waals surface area contributed by atoms with Crippen LogP contribution in [0.15, 0.2) is 23.1 Å². The molecule has 0 atom stereocenters. The van der Waals surface area contributed by atoms with Gasteiger partial charge in [0.05, 0.1) is 5.75 Å². The van der Waals surface area contributed by atoms with E-state index >= 15 is 0 Å². The molecule has 1 aromatic carbocycles. The molecule has 0 heterocycles. The molecule has 0 aliphatic heterocycles. The van der Waals surface area contributed by atoms with E-state index in [1.807, 2.05) is 37.1 Å². The van der Waals surface area contributed by atoms with Gasteiger partial charge in [-0.2, -0.15) is 0 Å². The van der Waals surface area contributed by atoms with Crippen molar-refractivity contribution in [2.75, 3.05) is 18.5 Å². The fourth-order valence-electron chi connectivity index (χ4n) is 1.68. The third-order valence-corrected chi connectivity index (χ3v) is 4.19. The number of anilines is 1. The average molecular weight is 250 g/mol. The lowest BCUT2D eigenvalue weighted by Gasteiger charge is -2.16. The highest BCUT2D eigenvalue weighted by Gasteiger charge is 2.29. The standard InChI is InChI=1S/C13H18N2OS/c1-9-3-4-10(14)7-12(9)17-8-13(16)15(2)11-5-6-11/h3-4,7,11H,5-6,8,14H2,1-2H3. The van der Waals surface area contributed by atoms with Crippen molar-refractivity contribution in [1.82, 2.24) is 4.90 Å². The molecule has 0 spiro atoms. The molecule has 0 unspecified atom stereocenters. The Morgan fingerprint density at radius 1 is 1.53 bits per heavy atom. The number of rotatable bonds is 4. The molecule has 1 aromatic rings. The van der Waals surface area contributed by atoms with Crippen LogP contribution in [0.5, 0.6) is 0 Å². The van der Waals surface area contributed by atoms with E-state index < -0.39 is 0 Å². The number of carbonyl (C=O) groups is 1. The number of hydrogen-bond donors (Lipinski definition) is 1. The quantitative estimate of drug-likeness (QED) is 0.659. The van der Waals surface area contributed by atoms with E-state index in [-0.39, 0.29) is 5.91 Å². The van der Waals surface area contributed by atoms with Crippen LogP contribution in [0.4, 0.5) is 5.69 Å². The van der Waals surface area contributed by atoms with Gasteiger partial charge in [-0.15, -0.1) is 11.8 Å². The van der Waals surface area contributed by atoms with Gasteiger partial charge >= 0.3 is 0 Å². The average Bonchev–Trinajstić information content (AvgIpc) is 3.13. The van der Waals surface area contributed by atoms with E-state index in [4.69, 9.17) is 5.73 Å². The SMILES string of the molecule is Cc1ccc(N)cc1SCC(=O)N(C)C1CC1. The highest BCUT2D eigenvalue weighted by molar-refractivity contribution is 8.00. The van der Waals surface area contributed by atoms with Crippen LogP contribution < -0.4 is 5.73 Å². The number of amides is 1. The first-order chi connectivity index (χ1) is 8.08. The summed E-state index contributed by atoms with van der Waals surface area (Å²) in [7, 11) is 1.90. The molecule has 17 heavy (non-hydrogen) atoms. The Balaban J connectivity index is 1.92. The normalized spacial score (nSPS) is 14.7. The monoisotopic (exact) mass is 250 g/mol. The minimum atomic E-state index is 0.208. The van der Waals surface area contributed by atoms with Crippen LogP contribution in [0.25, 0.3) is 0 Å². The second kappa shape index (κ2) is 5.00. The Hall–Kier alpha value is -1.16. The topological polar surface area (TPSA) is 46.3 Å². The summed E-state index contributed by atoms with van der Waals surface area (Å²) < 4.78 is 0. The fourth-order valence-corrected chi connectivity index (χ4v) is 2.68. The van der Waals surface area contributed by atoms with E-state index in [2.05, 4.69) is 0 Å². The number of nitrogen functional groups attached to an aromatic ring is 1. The highest BCUT2D eigenvalue weighted by Crippen LogP contribution is 2.28. The second-order valence-electron chi connectivity index (χ2n) is 4.55. The van der Waals surface area contributed by atoms with E-state index in [0.29, 0.717) is 11.8 Å². The summed E-state index contributed by atoms with van der Waals surface area (Å²) in [6.07, 6.45) is 2.31. The van der Waals surface area contributed by atoms with E-state index in [1.165, 1.54) is 5.56 Å². The minimum absolute atomic E-state index is 0.208. The molecule has 2 rings (SSSR count). The smallest absolute Gasteiger partial charge is 0.232 e. The summed E-state index contributed by atoms with van der Waals surface area (Å²) in [4.78, 5) is 14.8. The summed E-state index contributed by atoms with van der Waals surface area (Å²) >= 11 is 1.57. The van der Waals surface area contributed by atoms with Crippen LogP contribution in [-0.4, -0.2) is 29.6 Å². The first kappa shape index (κ1) is 12.3. The van der Waals surface area contributed by atoms with Gasteiger partial charge in [0, 0.05) is 23.7 Å². The zero-order valence-corrected chi connectivity index (χ0v) is 11.1. The molecule has 0 radical (unpaired) electrons. The summed E-state index contributed by atoms with van der Waals surface area (Å²) in [5.74, 6) is 0.705. The zero-order chi connectivity index (χ0) is 12.4. The number of nitrogens with zero attached hydrogens (tertiary/aromatic N) is 1. The summed E-state index contributed by atoms with van der Waals surface area (Å²) in [6.45, 7) is 2.04. The maximum atomic E-state index is 11.9.